The van der Waals surface area contributed by atoms with Crippen molar-refractivity contribution in [3.8, 4) is 0 Å². The lowest BCUT2D eigenvalue weighted by Crippen LogP contribution is -2.11. The van der Waals surface area contributed by atoms with Crippen molar-refractivity contribution in [2.75, 3.05) is 20.0 Å². The first kappa shape index (κ1) is 15.3. The third-order valence-corrected chi connectivity index (χ3v) is 3.08. The van der Waals surface area contributed by atoms with Gasteiger partial charge in [-0.1, -0.05) is 30.3 Å². The van der Waals surface area contributed by atoms with E-state index in [0.717, 1.165) is 7.11 Å². The van der Waals surface area contributed by atoms with E-state index >= 15 is 0 Å². The molecule has 0 saturated heterocycles. The second-order valence-corrected chi connectivity index (χ2v) is 4.34. The summed E-state index contributed by atoms with van der Waals surface area (Å²) in [5, 5.41) is 0. The molecule has 0 atom stereocenters. The average Bonchev–Trinajstić information content (AvgIpc) is 2.90. The molecule has 0 spiro atoms. The molecular weight excluding hydrogens is 288 g/mol. The van der Waals surface area contributed by atoms with Gasteiger partial charge >= 0.3 is 11.9 Å². The van der Waals surface area contributed by atoms with Crippen LogP contribution in [0.4, 0.5) is 5.69 Å². The molecule has 0 fully saturated rings. The Hall–Kier alpha value is -3.09. The van der Waals surface area contributed by atoms with Gasteiger partial charge in [0.1, 0.15) is 11.4 Å². The molecule has 0 saturated carbocycles. The van der Waals surface area contributed by atoms with E-state index in [1.165, 1.54) is 7.11 Å². The van der Waals surface area contributed by atoms with E-state index in [2.05, 4.69) is 14.5 Å². The summed E-state index contributed by atoms with van der Waals surface area (Å²) >= 11 is 0. The number of aromatic amines is 1. The fraction of sp³-hybridized carbons (Fsp3) is 0.133. The Morgan fingerprint density at radius 3 is 2.05 bits per heavy atom. The lowest BCUT2D eigenvalue weighted by atomic mass is 10.0. The van der Waals surface area contributed by atoms with Crippen LogP contribution in [0.2, 0.25) is 0 Å². The van der Waals surface area contributed by atoms with Crippen LogP contribution in [-0.2, 0) is 9.47 Å². The van der Waals surface area contributed by atoms with Crippen molar-refractivity contribution in [3.05, 3.63) is 52.8 Å². The van der Waals surface area contributed by atoms with Crippen LogP contribution in [0, 0.1) is 0 Å². The number of esters is 2. The molecule has 114 valence electrons. The molecule has 0 aliphatic rings. The zero-order chi connectivity index (χ0) is 16.3. The van der Waals surface area contributed by atoms with Crippen LogP contribution in [0.5, 0.6) is 0 Å². The lowest BCUT2D eigenvalue weighted by molar-refractivity contribution is 0.0588. The Bertz CT molecular complexity index is 734. The van der Waals surface area contributed by atoms with E-state index in [1.807, 2.05) is 0 Å². The van der Waals surface area contributed by atoms with Crippen molar-refractivity contribution in [1.82, 2.24) is 4.98 Å². The van der Waals surface area contributed by atoms with Gasteiger partial charge in [0.15, 0.2) is 5.78 Å². The second kappa shape index (κ2) is 6.13. The van der Waals surface area contributed by atoms with Crippen molar-refractivity contribution in [1.29, 1.82) is 0 Å². The van der Waals surface area contributed by atoms with Crippen LogP contribution in [0.15, 0.2) is 30.3 Å². The van der Waals surface area contributed by atoms with Gasteiger partial charge in [-0.15, -0.1) is 0 Å². The molecule has 0 amide bonds. The monoisotopic (exact) mass is 302 g/mol. The molecule has 0 radical (unpaired) electrons. The Morgan fingerprint density at radius 1 is 0.955 bits per heavy atom. The number of carbonyl (C=O) groups is 3. The zero-order valence-electron chi connectivity index (χ0n) is 12.0. The van der Waals surface area contributed by atoms with Gasteiger partial charge in [-0.05, 0) is 0 Å². The predicted octanol–water partition coefficient (Wildman–Crippen LogP) is 1.40. The highest BCUT2D eigenvalue weighted by Gasteiger charge is 2.29. The second-order valence-electron chi connectivity index (χ2n) is 4.34. The maximum absolute atomic E-state index is 12.6. The quantitative estimate of drug-likeness (QED) is 0.652. The Morgan fingerprint density at radius 2 is 1.50 bits per heavy atom. The number of anilines is 1. The molecule has 3 N–H and O–H groups in total. The van der Waals surface area contributed by atoms with Crippen molar-refractivity contribution in [2.45, 2.75) is 0 Å². The summed E-state index contributed by atoms with van der Waals surface area (Å²) in [4.78, 5) is 38.6. The summed E-state index contributed by atoms with van der Waals surface area (Å²) in [5.41, 5.74) is 5.56. The molecule has 0 aliphatic carbocycles. The summed E-state index contributed by atoms with van der Waals surface area (Å²) in [6.07, 6.45) is 0. The van der Waals surface area contributed by atoms with Gasteiger partial charge in [0.05, 0.1) is 25.5 Å². The minimum Gasteiger partial charge on any atom is -0.464 e. The highest BCUT2D eigenvalue weighted by Crippen LogP contribution is 2.26. The predicted molar refractivity (Wildman–Crippen MR) is 77.8 cm³/mol. The average molecular weight is 302 g/mol. The number of H-pyrrole nitrogens is 1. The largest absolute Gasteiger partial charge is 0.464 e. The van der Waals surface area contributed by atoms with Gasteiger partial charge in [-0.25, -0.2) is 9.59 Å². The van der Waals surface area contributed by atoms with Crippen LogP contribution in [0.25, 0.3) is 0 Å². The Labute approximate surface area is 126 Å². The number of ketones is 1. The molecule has 0 aliphatic heterocycles. The number of hydrogen-bond donors (Lipinski definition) is 2. The van der Waals surface area contributed by atoms with Gasteiger partial charge in [0.2, 0.25) is 0 Å². The first-order valence-corrected chi connectivity index (χ1v) is 6.29. The molecule has 0 bridgehead atoms. The zero-order valence-corrected chi connectivity index (χ0v) is 12.0. The van der Waals surface area contributed by atoms with E-state index in [9.17, 15) is 14.4 Å². The molecule has 2 rings (SSSR count). The van der Waals surface area contributed by atoms with Gasteiger partial charge in [-0.3, -0.25) is 4.79 Å². The van der Waals surface area contributed by atoms with Crippen molar-refractivity contribution in [3.63, 3.8) is 0 Å². The molecule has 1 aromatic carbocycles. The van der Waals surface area contributed by atoms with Crippen LogP contribution >= 0.6 is 0 Å². The number of rotatable bonds is 4. The summed E-state index contributed by atoms with van der Waals surface area (Å²) in [6.45, 7) is 0. The fourth-order valence-corrected chi connectivity index (χ4v) is 2.00. The van der Waals surface area contributed by atoms with E-state index < -0.39 is 17.7 Å². The SMILES string of the molecule is COC(=O)c1[nH]c(C(=O)OC)c(C(=O)c2ccccc2)c1N. The van der Waals surface area contributed by atoms with Crippen LogP contribution in [0.1, 0.15) is 36.9 Å². The normalized spacial score (nSPS) is 10.1. The van der Waals surface area contributed by atoms with Gasteiger partial charge < -0.3 is 20.2 Å². The third kappa shape index (κ3) is 2.56. The molecule has 0 unspecified atom stereocenters. The molecule has 7 nitrogen and oxygen atoms in total. The molecule has 1 aromatic heterocycles. The van der Waals surface area contributed by atoms with Crippen molar-refractivity contribution < 1.29 is 23.9 Å². The fourth-order valence-electron chi connectivity index (χ4n) is 2.00. The number of hydrogen-bond acceptors (Lipinski definition) is 6. The first-order chi connectivity index (χ1) is 10.5. The number of nitrogen functional groups attached to an aromatic ring is 1. The number of methoxy groups -OCH3 is 2. The van der Waals surface area contributed by atoms with Gasteiger partial charge in [-0.2, -0.15) is 0 Å². The highest BCUT2D eigenvalue weighted by molar-refractivity contribution is 6.19. The highest BCUT2D eigenvalue weighted by atomic mass is 16.5. The Kier molecular flexibility index (Phi) is 4.26. The summed E-state index contributed by atoms with van der Waals surface area (Å²) in [5.74, 6) is -2.08. The van der Waals surface area contributed by atoms with E-state index in [0.29, 0.717) is 5.56 Å². The van der Waals surface area contributed by atoms with Crippen LogP contribution in [-0.4, -0.2) is 36.9 Å². The van der Waals surface area contributed by atoms with Crippen LogP contribution < -0.4 is 5.73 Å². The van der Waals surface area contributed by atoms with E-state index in [4.69, 9.17) is 5.73 Å². The molecular formula is C15H14N2O5. The van der Waals surface area contributed by atoms with Crippen molar-refractivity contribution >= 4 is 23.4 Å². The van der Waals surface area contributed by atoms with E-state index in [1.54, 1.807) is 30.3 Å². The number of carbonyl (C=O) groups excluding carboxylic acids is 3. The first-order valence-electron chi connectivity index (χ1n) is 6.29. The Balaban J connectivity index is 2.63. The standard InChI is InChI=1S/C15H14N2O5/c1-21-14(19)11-9(10(16)12(17-11)15(20)22-2)13(18)8-6-4-3-5-7-8/h3-7,17H,16H2,1-2H3. The number of aromatic nitrogens is 1. The molecule has 1 heterocycles. The third-order valence-electron chi connectivity index (χ3n) is 3.08. The summed E-state index contributed by atoms with van der Waals surface area (Å²) in [7, 11) is 2.33. The summed E-state index contributed by atoms with van der Waals surface area (Å²) in [6, 6.07) is 8.25. The smallest absolute Gasteiger partial charge is 0.356 e. The number of nitrogens with two attached hydrogens (primary N) is 1. The minimum absolute atomic E-state index is 0.113. The molecule has 22 heavy (non-hydrogen) atoms. The number of nitrogens with one attached hydrogen (secondary N) is 1. The van der Waals surface area contributed by atoms with E-state index in [-0.39, 0.29) is 22.6 Å². The summed E-state index contributed by atoms with van der Waals surface area (Å²) < 4.78 is 9.19. The van der Waals surface area contributed by atoms with Gasteiger partial charge in [0.25, 0.3) is 0 Å². The lowest BCUT2D eigenvalue weighted by Gasteiger charge is -2.03. The maximum atomic E-state index is 12.6. The molecule has 2 aromatic rings. The topological polar surface area (TPSA) is 111 Å². The minimum atomic E-state index is -0.805. The number of benzene rings is 1. The molecule has 7 heteroatoms. The maximum Gasteiger partial charge on any atom is 0.356 e. The van der Waals surface area contributed by atoms with Crippen molar-refractivity contribution in [2.24, 2.45) is 0 Å². The van der Waals surface area contributed by atoms with Crippen LogP contribution in [0.3, 0.4) is 0 Å². The number of ether oxygens (including phenoxy) is 2. The van der Waals surface area contributed by atoms with Gasteiger partial charge in [0, 0.05) is 5.56 Å².